The van der Waals surface area contributed by atoms with Crippen molar-refractivity contribution < 1.29 is 4.92 Å². The molecule has 27 heavy (non-hydrogen) atoms. The highest BCUT2D eigenvalue weighted by Gasteiger charge is 2.12. The molecule has 3 aromatic rings. The van der Waals surface area contributed by atoms with Gasteiger partial charge in [0.1, 0.15) is 5.02 Å². The predicted octanol–water partition coefficient (Wildman–Crippen LogP) is 5.74. The number of thiazole rings is 1. The number of nitrogens with one attached hydrogen (secondary N) is 1. The third kappa shape index (κ3) is 4.32. The lowest BCUT2D eigenvalue weighted by molar-refractivity contribution is -0.384. The molecule has 1 N–H and O–H groups in total. The van der Waals surface area contributed by atoms with Crippen molar-refractivity contribution in [3.8, 4) is 11.3 Å². The lowest BCUT2D eigenvalue weighted by Gasteiger charge is -2.08. The zero-order chi connectivity index (χ0) is 19.6. The van der Waals surface area contributed by atoms with Crippen LogP contribution in [0.2, 0.25) is 5.02 Å². The molecule has 0 radical (unpaired) electrons. The highest BCUT2D eigenvalue weighted by molar-refractivity contribution is 7.14. The van der Waals surface area contributed by atoms with E-state index >= 15 is 0 Å². The number of rotatable bonds is 5. The molecule has 1 heterocycles. The van der Waals surface area contributed by atoms with Gasteiger partial charge in [-0.05, 0) is 38.0 Å². The van der Waals surface area contributed by atoms with Gasteiger partial charge in [0.15, 0.2) is 0 Å². The van der Waals surface area contributed by atoms with Crippen molar-refractivity contribution in [3.05, 3.63) is 73.1 Å². The Hall–Kier alpha value is -2.77. The summed E-state index contributed by atoms with van der Waals surface area (Å²) < 4.78 is 0. The molecular weight excluding hydrogens is 384 g/mol. The molecule has 0 amide bonds. The number of nitrogens with zero attached hydrogens (tertiary/aromatic N) is 3. The fraction of sp³-hybridized carbons (Fsp3) is 0.158. The SMILES string of the molecule is Cc1cc(C)c(-c2csc(N/N=C\c3ccc(Cl)c([N+](=O)[O-])c3)n2)c(C)c1. The minimum absolute atomic E-state index is 0.0958. The molecule has 0 unspecified atom stereocenters. The molecule has 3 rings (SSSR count). The Balaban J connectivity index is 1.77. The first-order chi connectivity index (χ1) is 12.8. The van der Waals surface area contributed by atoms with Crippen molar-refractivity contribution in [2.45, 2.75) is 20.8 Å². The van der Waals surface area contributed by atoms with E-state index in [2.05, 4.69) is 48.4 Å². The third-order valence-electron chi connectivity index (χ3n) is 3.98. The Bertz CT molecular complexity index is 1020. The monoisotopic (exact) mass is 400 g/mol. The fourth-order valence-electron chi connectivity index (χ4n) is 2.94. The van der Waals surface area contributed by atoms with Crippen LogP contribution in [0, 0.1) is 30.9 Å². The van der Waals surface area contributed by atoms with Crippen LogP contribution in [-0.4, -0.2) is 16.1 Å². The maximum Gasteiger partial charge on any atom is 0.288 e. The van der Waals surface area contributed by atoms with Gasteiger partial charge in [-0.15, -0.1) is 11.3 Å². The van der Waals surface area contributed by atoms with Crippen molar-refractivity contribution in [2.24, 2.45) is 5.10 Å². The van der Waals surface area contributed by atoms with Crippen LogP contribution >= 0.6 is 22.9 Å². The number of aryl methyl sites for hydroxylation is 3. The molecule has 2 aromatic carbocycles. The summed E-state index contributed by atoms with van der Waals surface area (Å²) in [5.41, 5.74) is 8.90. The van der Waals surface area contributed by atoms with Crippen molar-refractivity contribution >= 4 is 40.0 Å². The van der Waals surface area contributed by atoms with Crippen molar-refractivity contribution in [1.82, 2.24) is 4.98 Å². The molecule has 0 bridgehead atoms. The first-order valence-electron chi connectivity index (χ1n) is 8.12. The van der Waals surface area contributed by atoms with Crippen LogP contribution in [0.25, 0.3) is 11.3 Å². The standard InChI is InChI=1S/C19H17ClN4O2S/c1-11-6-12(2)18(13(3)7-11)16-10-27-19(22-16)23-21-9-14-4-5-15(20)17(8-14)24(25)26/h4-10H,1-3H3,(H,22,23)/b21-9-. The summed E-state index contributed by atoms with van der Waals surface area (Å²) in [5.74, 6) is 0. The fourth-order valence-corrected chi connectivity index (χ4v) is 3.77. The van der Waals surface area contributed by atoms with Gasteiger partial charge < -0.3 is 0 Å². The predicted molar refractivity (Wildman–Crippen MR) is 111 cm³/mol. The topological polar surface area (TPSA) is 80.4 Å². The zero-order valence-corrected chi connectivity index (χ0v) is 16.6. The molecule has 1 aromatic heterocycles. The number of benzene rings is 2. The second-order valence-corrected chi connectivity index (χ2v) is 7.41. The van der Waals surface area contributed by atoms with Gasteiger partial charge in [-0.2, -0.15) is 5.10 Å². The van der Waals surface area contributed by atoms with Crippen LogP contribution in [0.15, 0.2) is 40.8 Å². The van der Waals surface area contributed by atoms with Crippen molar-refractivity contribution in [2.75, 3.05) is 5.43 Å². The lowest BCUT2D eigenvalue weighted by Crippen LogP contribution is -1.94. The Labute approximate surface area is 165 Å². The molecule has 6 nitrogen and oxygen atoms in total. The lowest BCUT2D eigenvalue weighted by atomic mass is 9.98. The summed E-state index contributed by atoms with van der Waals surface area (Å²) >= 11 is 7.25. The molecule has 0 saturated carbocycles. The van der Waals surface area contributed by atoms with Crippen LogP contribution in [0.1, 0.15) is 22.3 Å². The molecule has 0 aliphatic rings. The number of aromatic nitrogens is 1. The smallest absolute Gasteiger partial charge is 0.258 e. The molecule has 138 valence electrons. The van der Waals surface area contributed by atoms with Gasteiger partial charge in [-0.25, -0.2) is 4.98 Å². The van der Waals surface area contributed by atoms with Crippen LogP contribution in [-0.2, 0) is 0 Å². The minimum atomic E-state index is -0.521. The zero-order valence-electron chi connectivity index (χ0n) is 15.0. The van der Waals surface area contributed by atoms with Gasteiger partial charge in [-0.1, -0.05) is 35.4 Å². The average molecular weight is 401 g/mol. The maximum absolute atomic E-state index is 10.9. The van der Waals surface area contributed by atoms with Crippen LogP contribution in [0.5, 0.6) is 0 Å². The van der Waals surface area contributed by atoms with E-state index in [-0.39, 0.29) is 10.7 Å². The van der Waals surface area contributed by atoms with E-state index in [0.29, 0.717) is 10.7 Å². The Morgan fingerprint density at radius 2 is 1.93 bits per heavy atom. The highest BCUT2D eigenvalue weighted by Crippen LogP contribution is 2.31. The van der Waals surface area contributed by atoms with Gasteiger partial charge in [0.25, 0.3) is 5.69 Å². The van der Waals surface area contributed by atoms with E-state index in [1.54, 1.807) is 6.07 Å². The summed E-state index contributed by atoms with van der Waals surface area (Å²) in [6, 6.07) is 8.79. The number of anilines is 1. The summed E-state index contributed by atoms with van der Waals surface area (Å²) in [6.45, 7) is 6.23. The number of hydrogen-bond acceptors (Lipinski definition) is 6. The number of halogens is 1. The highest BCUT2D eigenvalue weighted by atomic mass is 35.5. The van der Waals surface area contributed by atoms with Gasteiger partial charge in [-0.3, -0.25) is 15.5 Å². The molecule has 0 atom stereocenters. The second-order valence-electron chi connectivity index (χ2n) is 6.15. The van der Waals surface area contributed by atoms with E-state index in [0.717, 1.165) is 11.3 Å². The molecule has 8 heteroatoms. The molecule has 0 aliphatic heterocycles. The molecular formula is C19H17ClN4O2S. The molecule has 0 aliphatic carbocycles. The quantitative estimate of drug-likeness (QED) is 0.336. The van der Waals surface area contributed by atoms with Gasteiger partial charge >= 0.3 is 0 Å². The van der Waals surface area contributed by atoms with Gasteiger partial charge in [0, 0.05) is 22.6 Å². The van der Waals surface area contributed by atoms with E-state index in [9.17, 15) is 10.1 Å². The molecule has 0 spiro atoms. The van der Waals surface area contributed by atoms with Gasteiger partial charge in [0.05, 0.1) is 16.8 Å². The normalized spacial score (nSPS) is 11.1. The Kier molecular flexibility index (Phi) is 5.53. The molecule has 0 fully saturated rings. The summed E-state index contributed by atoms with van der Waals surface area (Å²) in [4.78, 5) is 15.0. The maximum atomic E-state index is 10.9. The first-order valence-corrected chi connectivity index (χ1v) is 9.37. The summed E-state index contributed by atoms with van der Waals surface area (Å²) in [5, 5.41) is 17.8. The van der Waals surface area contributed by atoms with Crippen molar-refractivity contribution in [1.29, 1.82) is 0 Å². The number of hydrogen-bond donors (Lipinski definition) is 1. The van der Waals surface area contributed by atoms with Crippen LogP contribution in [0.3, 0.4) is 0 Å². The van der Waals surface area contributed by atoms with Crippen LogP contribution in [0.4, 0.5) is 10.8 Å². The second kappa shape index (κ2) is 7.85. The van der Waals surface area contributed by atoms with E-state index in [4.69, 9.17) is 11.6 Å². The summed E-state index contributed by atoms with van der Waals surface area (Å²) in [7, 11) is 0. The van der Waals surface area contributed by atoms with E-state index < -0.39 is 4.92 Å². The Morgan fingerprint density at radius 1 is 1.22 bits per heavy atom. The molecule has 0 saturated heterocycles. The minimum Gasteiger partial charge on any atom is -0.258 e. The van der Waals surface area contributed by atoms with Gasteiger partial charge in [0.2, 0.25) is 5.13 Å². The largest absolute Gasteiger partial charge is 0.288 e. The number of hydrazone groups is 1. The summed E-state index contributed by atoms with van der Waals surface area (Å²) in [6.07, 6.45) is 1.49. The Morgan fingerprint density at radius 3 is 2.59 bits per heavy atom. The van der Waals surface area contributed by atoms with E-state index in [1.165, 1.54) is 46.4 Å². The number of nitro benzene ring substituents is 1. The van der Waals surface area contributed by atoms with Crippen molar-refractivity contribution in [3.63, 3.8) is 0 Å². The number of nitro groups is 1. The van der Waals surface area contributed by atoms with Crippen LogP contribution < -0.4 is 5.43 Å². The average Bonchev–Trinajstić information content (AvgIpc) is 3.03. The third-order valence-corrected chi connectivity index (χ3v) is 5.04. The first kappa shape index (κ1) is 19.0. The van der Waals surface area contributed by atoms with E-state index in [1.807, 2.05) is 5.38 Å².